The van der Waals surface area contributed by atoms with E-state index in [0.717, 1.165) is 6.54 Å². The van der Waals surface area contributed by atoms with Crippen molar-refractivity contribution in [3.05, 3.63) is 71.3 Å². The molecule has 0 fully saturated rings. The third kappa shape index (κ3) is 4.44. The van der Waals surface area contributed by atoms with E-state index in [4.69, 9.17) is 0 Å². The molecule has 0 aliphatic carbocycles. The summed E-state index contributed by atoms with van der Waals surface area (Å²) in [5.41, 5.74) is 4.12. The molecule has 2 atom stereocenters. The van der Waals surface area contributed by atoms with Crippen LogP contribution < -0.4 is 5.32 Å². The summed E-state index contributed by atoms with van der Waals surface area (Å²) in [6.45, 7) is 10.0. The first-order valence-electron chi connectivity index (χ1n) is 7.93. The predicted molar refractivity (Wildman–Crippen MR) is 91.6 cm³/mol. The average molecular weight is 281 g/mol. The molecule has 0 heterocycles. The Labute approximate surface area is 129 Å². The monoisotopic (exact) mass is 281 g/mol. The molecule has 1 N–H and O–H groups in total. The third-order valence-corrected chi connectivity index (χ3v) is 4.22. The zero-order chi connectivity index (χ0) is 15.2. The zero-order valence-corrected chi connectivity index (χ0v) is 13.6. The van der Waals surface area contributed by atoms with Crippen LogP contribution in [0.1, 0.15) is 49.4 Å². The van der Waals surface area contributed by atoms with Gasteiger partial charge in [-0.1, -0.05) is 74.0 Å². The second kappa shape index (κ2) is 7.42. The van der Waals surface area contributed by atoms with Gasteiger partial charge in [-0.05, 0) is 36.8 Å². The molecular formula is C20H27N. The number of benzene rings is 2. The van der Waals surface area contributed by atoms with Crippen molar-refractivity contribution in [1.82, 2.24) is 5.32 Å². The molecule has 0 spiro atoms. The minimum absolute atomic E-state index is 0.384. The first-order valence-corrected chi connectivity index (χ1v) is 7.93. The summed E-state index contributed by atoms with van der Waals surface area (Å²) in [6.07, 6.45) is 0. The SMILES string of the molecule is Cc1cccc([C@H](C)NCC(c2ccccc2)C(C)C)c1. The quantitative estimate of drug-likeness (QED) is 0.778. The minimum atomic E-state index is 0.384. The van der Waals surface area contributed by atoms with Crippen LogP contribution in [0.25, 0.3) is 0 Å². The van der Waals surface area contributed by atoms with Gasteiger partial charge in [0.15, 0.2) is 0 Å². The molecule has 1 nitrogen and oxygen atoms in total. The van der Waals surface area contributed by atoms with E-state index in [9.17, 15) is 0 Å². The van der Waals surface area contributed by atoms with E-state index < -0.39 is 0 Å². The van der Waals surface area contributed by atoms with Crippen LogP contribution in [0.5, 0.6) is 0 Å². The summed E-state index contributed by atoms with van der Waals surface area (Å²) < 4.78 is 0. The summed E-state index contributed by atoms with van der Waals surface area (Å²) in [5, 5.41) is 3.71. The van der Waals surface area contributed by atoms with Crippen molar-refractivity contribution >= 4 is 0 Å². The Balaban J connectivity index is 2.02. The molecular weight excluding hydrogens is 254 g/mol. The van der Waals surface area contributed by atoms with Crippen LogP contribution in [0.15, 0.2) is 54.6 Å². The fourth-order valence-corrected chi connectivity index (χ4v) is 2.80. The van der Waals surface area contributed by atoms with E-state index >= 15 is 0 Å². The Kier molecular flexibility index (Phi) is 5.58. The first kappa shape index (κ1) is 15.8. The van der Waals surface area contributed by atoms with Gasteiger partial charge in [-0.15, -0.1) is 0 Å². The molecule has 0 bridgehead atoms. The van der Waals surface area contributed by atoms with Crippen molar-refractivity contribution in [2.24, 2.45) is 5.92 Å². The van der Waals surface area contributed by atoms with Crippen LogP contribution in [-0.2, 0) is 0 Å². The number of hydrogen-bond acceptors (Lipinski definition) is 1. The summed E-state index contributed by atoms with van der Waals surface area (Å²) in [6, 6.07) is 20.0. The van der Waals surface area contributed by atoms with E-state index in [1.165, 1.54) is 16.7 Å². The second-order valence-corrected chi connectivity index (χ2v) is 6.31. The van der Waals surface area contributed by atoms with Crippen molar-refractivity contribution in [3.8, 4) is 0 Å². The highest BCUT2D eigenvalue weighted by molar-refractivity contribution is 5.25. The molecule has 21 heavy (non-hydrogen) atoms. The number of nitrogens with one attached hydrogen (secondary N) is 1. The lowest BCUT2D eigenvalue weighted by molar-refractivity contribution is 0.436. The van der Waals surface area contributed by atoms with Crippen molar-refractivity contribution < 1.29 is 0 Å². The van der Waals surface area contributed by atoms with Crippen LogP contribution in [0.3, 0.4) is 0 Å². The topological polar surface area (TPSA) is 12.0 Å². The maximum atomic E-state index is 3.71. The van der Waals surface area contributed by atoms with Gasteiger partial charge >= 0.3 is 0 Å². The molecule has 1 heteroatoms. The lowest BCUT2D eigenvalue weighted by Crippen LogP contribution is -2.27. The van der Waals surface area contributed by atoms with Gasteiger partial charge in [0.2, 0.25) is 0 Å². The highest BCUT2D eigenvalue weighted by Crippen LogP contribution is 2.24. The maximum Gasteiger partial charge on any atom is 0.0292 e. The number of rotatable bonds is 6. The van der Waals surface area contributed by atoms with Gasteiger partial charge < -0.3 is 5.32 Å². The second-order valence-electron chi connectivity index (χ2n) is 6.31. The smallest absolute Gasteiger partial charge is 0.0292 e. The lowest BCUT2D eigenvalue weighted by atomic mass is 9.88. The van der Waals surface area contributed by atoms with Crippen molar-refractivity contribution in [1.29, 1.82) is 0 Å². The Morgan fingerprint density at radius 1 is 0.857 bits per heavy atom. The van der Waals surface area contributed by atoms with Gasteiger partial charge in [-0.25, -0.2) is 0 Å². The molecule has 0 aromatic heterocycles. The number of aryl methyl sites for hydroxylation is 1. The summed E-state index contributed by atoms with van der Waals surface area (Å²) in [7, 11) is 0. The fourth-order valence-electron chi connectivity index (χ4n) is 2.80. The summed E-state index contributed by atoms with van der Waals surface area (Å²) in [4.78, 5) is 0. The van der Waals surface area contributed by atoms with E-state index in [-0.39, 0.29) is 0 Å². The molecule has 2 aromatic carbocycles. The largest absolute Gasteiger partial charge is 0.310 e. The van der Waals surface area contributed by atoms with Crippen LogP contribution >= 0.6 is 0 Å². The number of hydrogen-bond donors (Lipinski definition) is 1. The van der Waals surface area contributed by atoms with Gasteiger partial charge in [0, 0.05) is 12.6 Å². The molecule has 0 radical (unpaired) electrons. The average Bonchev–Trinajstić information content (AvgIpc) is 2.48. The normalized spacial score (nSPS) is 14.1. The maximum absolute atomic E-state index is 3.71. The summed E-state index contributed by atoms with van der Waals surface area (Å²) in [5.74, 6) is 1.18. The fraction of sp³-hybridized carbons (Fsp3) is 0.400. The minimum Gasteiger partial charge on any atom is -0.310 e. The van der Waals surface area contributed by atoms with Crippen molar-refractivity contribution in [2.75, 3.05) is 6.54 Å². The van der Waals surface area contributed by atoms with Gasteiger partial charge in [-0.3, -0.25) is 0 Å². The molecule has 1 unspecified atom stereocenters. The Morgan fingerprint density at radius 3 is 2.14 bits per heavy atom. The van der Waals surface area contributed by atoms with Crippen molar-refractivity contribution in [2.45, 2.75) is 39.7 Å². The highest BCUT2D eigenvalue weighted by atomic mass is 14.9. The predicted octanol–water partition coefficient (Wildman–Crippen LogP) is 5.09. The molecule has 2 rings (SSSR count). The van der Waals surface area contributed by atoms with Crippen LogP contribution in [0.4, 0.5) is 0 Å². The van der Waals surface area contributed by atoms with E-state index in [1.807, 2.05) is 0 Å². The third-order valence-electron chi connectivity index (χ3n) is 4.22. The molecule has 0 saturated carbocycles. The highest BCUT2D eigenvalue weighted by Gasteiger charge is 2.16. The van der Waals surface area contributed by atoms with Gasteiger partial charge in [0.1, 0.15) is 0 Å². The molecule has 0 amide bonds. The van der Waals surface area contributed by atoms with Gasteiger partial charge in [0.05, 0.1) is 0 Å². The summed E-state index contributed by atoms with van der Waals surface area (Å²) >= 11 is 0. The molecule has 0 aliphatic heterocycles. The van der Waals surface area contributed by atoms with E-state index in [0.29, 0.717) is 17.9 Å². The molecule has 112 valence electrons. The first-order chi connectivity index (χ1) is 10.1. The van der Waals surface area contributed by atoms with Crippen LogP contribution in [0, 0.1) is 12.8 Å². The Bertz CT molecular complexity index is 545. The van der Waals surface area contributed by atoms with Gasteiger partial charge in [0.25, 0.3) is 0 Å². The van der Waals surface area contributed by atoms with Crippen molar-refractivity contribution in [3.63, 3.8) is 0 Å². The molecule has 2 aromatic rings. The standard InChI is InChI=1S/C20H27N/c1-15(2)20(18-10-6-5-7-11-18)14-21-17(4)19-12-8-9-16(3)13-19/h5-13,15,17,20-21H,14H2,1-4H3/t17-,20?/m0/s1. The Hall–Kier alpha value is -1.60. The van der Waals surface area contributed by atoms with Crippen LogP contribution in [0.2, 0.25) is 0 Å². The van der Waals surface area contributed by atoms with Crippen LogP contribution in [-0.4, -0.2) is 6.54 Å². The molecule has 0 aliphatic rings. The van der Waals surface area contributed by atoms with E-state index in [2.05, 4.69) is 87.6 Å². The lowest BCUT2D eigenvalue weighted by Gasteiger charge is -2.24. The Morgan fingerprint density at radius 2 is 1.52 bits per heavy atom. The molecule has 0 saturated heterocycles. The zero-order valence-electron chi connectivity index (χ0n) is 13.6. The van der Waals surface area contributed by atoms with E-state index in [1.54, 1.807) is 0 Å². The van der Waals surface area contributed by atoms with Gasteiger partial charge in [-0.2, -0.15) is 0 Å².